The molecule has 0 aliphatic rings. The van der Waals surface area contributed by atoms with Gasteiger partial charge < -0.3 is 10.1 Å². The Morgan fingerprint density at radius 2 is 1.67 bits per heavy atom. The first-order valence-electron chi connectivity index (χ1n) is 7.22. The van der Waals surface area contributed by atoms with E-state index in [2.05, 4.69) is 67.1 Å². The van der Waals surface area contributed by atoms with E-state index in [0.717, 1.165) is 22.5 Å². The molecule has 0 amide bonds. The van der Waals surface area contributed by atoms with Crippen LogP contribution >= 0.6 is 15.9 Å². The van der Waals surface area contributed by atoms with Gasteiger partial charge in [0, 0.05) is 17.1 Å². The quantitative estimate of drug-likeness (QED) is 0.786. The topological polar surface area (TPSA) is 21.3 Å². The molecular formula is C18H22BrNO. The van der Waals surface area contributed by atoms with Crippen molar-refractivity contribution >= 4 is 15.9 Å². The van der Waals surface area contributed by atoms with Crippen LogP contribution in [0.4, 0.5) is 0 Å². The van der Waals surface area contributed by atoms with Gasteiger partial charge in [-0.3, -0.25) is 0 Å². The number of nitrogens with one attached hydrogen (secondary N) is 1. The maximum atomic E-state index is 5.93. The zero-order valence-corrected chi connectivity index (χ0v) is 14.6. The van der Waals surface area contributed by atoms with E-state index in [4.69, 9.17) is 4.74 Å². The molecule has 2 aromatic carbocycles. The minimum Gasteiger partial charge on any atom is -0.457 e. The van der Waals surface area contributed by atoms with E-state index < -0.39 is 0 Å². The maximum absolute atomic E-state index is 5.93. The van der Waals surface area contributed by atoms with Gasteiger partial charge in [0.05, 0.1) is 0 Å². The van der Waals surface area contributed by atoms with Crippen LogP contribution in [0.3, 0.4) is 0 Å². The van der Waals surface area contributed by atoms with Crippen LogP contribution in [0.25, 0.3) is 0 Å². The summed E-state index contributed by atoms with van der Waals surface area (Å²) in [6.07, 6.45) is 0. The van der Waals surface area contributed by atoms with Crippen LogP contribution < -0.4 is 10.1 Å². The molecule has 21 heavy (non-hydrogen) atoms. The Hall–Kier alpha value is -1.32. The van der Waals surface area contributed by atoms with Crippen molar-refractivity contribution in [3.05, 3.63) is 57.6 Å². The summed E-state index contributed by atoms with van der Waals surface area (Å²) in [4.78, 5) is 0. The summed E-state index contributed by atoms with van der Waals surface area (Å²) in [5.74, 6) is 1.72. The predicted octanol–water partition coefficient (Wildman–Crippen LogP) is 5.36. The molecule has 0 aliphatic heterocycles. The SMILES string of the molecule is Cc1ccc(Oc2ccc(CNC(C)C)c(Br)c2)cc1C. The number of aryl methyl sites for hydroxylation is 2. The lowest BCUT2D eigenvalue weighted by atomic mass is 10.1. The highest BCUT2D eigenvalue weighted by atomic mass is 79.9. The molecule has 3 heteroatoms. The summed E-state index contributed by atoms with van der Waals surface area (Å²) in [5.41, 5.74) is 3.75. The van der Waals surface area contributed by atoms with Crippen LogP contribution in [0.1, 0.15) is 30.5 Å². The van der Waals surface area contributed by atoms with Crippen molar-refractivity contribution in [2.24, 2.45) is 0 Å². The number of hydrogen-bond donors (Lipinski definition) is 1. The second kappa shape index (κ2) is 7.10. The van der Waals surface area contributed by atoms with Crippen LogP contribution in [0.5, 0.6) is 11.5 Å². The Balaban J connectivity index is 2.10. The first-order chi connectivity index (χ1) is 9.95. The highest BCUT2D eigenvalue weighted by Gasteiger charge is 2.05. The van der Waals surface area contributed by atoms with E-state index in [1.54, 1.807) is 0 Å². The third-order valence-electron chi connectivity index (χ3n) is 3.44. The Kier molecular flexibility index (Phi) is 5.43. The van der Waals surface area contributed by atoms with Gasteiger partial charge >= 0.3 is 0 Å². The van der Waals surface area contributed by atoms with E-state index in [9.17, 15) is 0 Å². The average molecular weight is 348 g/mol. The van der Waals surface area contributed by atoms with Crippen molar-refractivity contribution in [3.63, 3.8) is 0 Å². The smallest absolute Gasteiger partial charge is 0.128 e. The Morgan fingerprint density at radius 1 is 1.00 bits per heavy atom. The van der Waals surface area contributed by atoms with Gasteiger partial charge in [-0.2, -0.15) is 0 Å². The summed E-state index contributed by atoms with van der Waals surface area (Å²) < 4.78 is 6.99. The van der Waals surface area contributed by atoms with Gasteiger partial charge in [0.25, 0.3) is 0 Å². The minimum atomic E-state index is 0.475. The van der Waals surface area contributed by atoms with Crippen molar-refractivity contribution in [1.82, 2.24) is 5.32 Å². The lowest BCUT2D eigenvalue weighted by molar-refractivity contribution is 0.481. The van der Waals surface area contributed by atoms with Crippen molar-refractivity contribution < 1.29 is 4.74 Å². The number of rotatable bonds is 5. The van der Waals surface area contributed by atoms with E-state index in [1.165, 1.54) is 16.7 Å². The standard InChI is InChI=1S/C18H22BrNO/c1-12(2)20-11-15-6-8-17(10-18(15)19)21-16-7-5-13(3)14(4)9-16/h5-10,12,20H,11H2,1-4H3. The molecule has 0 unspecified atom stereocenters. The summed E-state index contributed by atoms with van der Waals surface area (Å²) in [6.45, 7) is 9.34. The summed E-state index contributed by atoms with van der Waals surface area (Å²) in [7, 11) is 0. The molecule has 0 aliphatic carbocycles. The van der Waals surface area contributed by atoms with Gasteiger partial charge in [0.15, 0.2) is 0 Å². The van der Waals surface area contributed by atoms with E-state index in [0.29, 0.717) is 6.04 Å². The number of benzene rings is 2. The molecule has 0 aromatic heterocycles. The van der Waals surface area contributed by atoms with Gasteiger partial charge in [0.1, 0.15) is 11.5 Å². The van der Waals surface area contributed by atoms with Gasteiger partial charge in [-0.05, 0) is 54.8 Å². The lowest BCUT2D eigenvalue weighted by Crippen LogP contribution is -2.21. The highest BCUT2D eigenvalue weighted by Crippen LogP contribution is 2.28. The largest absolute Gasteiger partial charge is 0.457 e. The van der Waals surface area contributed by atoms with Gasteiger partial charge in [-0.15, -0.1) is 0 Å². The van der Waals surface area contributed by atoms with Crippen molar-refractivity contribution in [1.29, 1.82) is 0 Å². The highest BCUT2D eigenvalue weighted by molar-refractivity contribution is 9.10. The molecule has 0 heterocycles. The second-order valence-electron chi connectivity index (χ2n) is 5.64. The van der Waals surface area contributed by atoms with Crippen LogP contribution in [-0.2, 0) is 6.54 Å². The third-order valence-corrected chi connectivity index (χ3v) is 4.18. The molecular weight excluding hydrogens is 326 g/mol. The summed E-state index contributed by atoms with van der Waals surface area (Å²) in [5, 5.41) is 3.41. The van der Waals surface area contributed by atoms with Crippen molar-refractivity contribution in [2.45, 2.75) is 40.3 Å². The zero-order valence-electron chi connectivity index (χ0n) is 13.0. The van der Waals surface area contributed by atoms with Crippen LogP contribution in [0.15, 0.2) is 40.9 Å². The molecule has 0 radical (unpaired) electrons. The zero-order chi connectivity index (χ0) is 15.4. The normalized spacial score (nSPS) is 11.0. The van der Waals surface area contributed by atoms with Gasteiger partial charge in [-0.1, -0.05) is 41.9 Å². The second-order valence-corrected chi connectivity index (χ2v) is 6.49. The maximum Gasteiger partial charge on any atom is 0.128 e. The van der Waals surface area contributed by atoms with E-state index >= 15 is 0 Å². The Morgan fingerprint density at radius 3 is 2.29 bits per heavy atom. The molecule has 0 atom stereocenters. The van der Waals surface area contributed by atoms with Gasteiger partial charge in [0.2, 0.25) is 0 Å². The number of hydrogen-bond acceptors (Lipinski definition) is 2. The molecule has 0 bridgehead atoms. The van der Waals surface area contributed by atoms with E-state index in [-0.39, 0.29) is 0 Å². The number of ether oxygens (including phenoxy) is 1. The van der Waals surface area contributed by atoms with Crippen LogP contribution in [-0.4, -0.2) is 6.04 Å². The Labute approximate surface area is 135 Å². The van der Waals surface area contributed by atoms with Crippen molar-refractivity contribution in [3.8, 4) is 11.5 Å². The molecule has 0 spiro atoms. The monoisotopic (exact) mass is 347 g/mol. The average Bonchev–Trinajstić information content (AvgIpc) is 2.42. The molecule has 0 saturated heterocycles. The fourth-order valence-electron chi connectivity index (χ4n) is 1.96. The molecule has 2 nitrogen and oxygen atoms in total. The van der Waals surface area contributed by atoms with Crippen molar-refractivity contribution in [2.75, 3.05) is 0 Å². The van der Waals surface area contributed by atoms with E-state index in [1.807, 2.05) is 18.2 Å². The molecule has 1 N–H and O–H groups in total. The summed E-state index contributed by atoms with van der Waals surface area (Å²) >= 11 is 3.62. The molecule has 0 fully saturated rings. The van der Waals surface area contributed by atoms with Gasteiger partial charge in [-0.25, -0.2) is 0 Å². The Bertz CT molecular complexity index is 623. The fourth-order valence-corrected chi connectivity index (χ4v) is 2.46. The molecule has 0 saturated carbocycles. The fraction of sp³-hybridized carbons (Fsp3) is 0.333. The minimum absolute atomic E-state index is 0.475. The first-order valence-corrected chi connectivity index (χ1v) is 8.02. The first kappa shape index (κ1) is 16.1. The number of halogens is 1. The summed E-state index contributed by atoms with van der Waals surface area (Å²) in [6, 6.07) is 12.8. The predicted molar refractivity (Wildman–Crippen MR) is 92.1 cm³/mol. The third kappa shape index (κ3) is 4.58. The van der Waals surface area contributed by atoms with Crippen LogP contribution in [0.2, 0.25) is 0 Å². The lowest BCUT2D eigenvalue weighted by Gasteiger charge is -2.12. The molecule has 2 rings (SSSR count). The molecule has 112 valence electrons. The molecule has 2 aromatic rings. The van der Waals surface area contributed by atoms with Crippen LogP contribution in [0, 0.1) is 13.8 Å².